The molecule has 0 fully saturated rings. The van der Waals surface area contributed by atoms with Gasteiger partial charge in [0, 0.05) is 10.9 Å². The number of phenols is 1. The molecule has 0 aromatic heterocycles. The average Bonchev–Trinajstić information content (AvgIpc) is 2.30. The summed E-state index contributed by atoms with van der Waals surface area (Å²) in [7, 11) is 0. The van der Waals surface area contributed by atoms with Crippen LogP contribution in [0.3, 0.4) is 0 Å². The van der Waals surface area contributed by atoms with E-state index in [9.17, 15) is 5.11 Å². The van der Waals surface area contributed by atoms with Crippen molar-refractivity contribution in [2.75, 3.05) is 0 Å². The monoisotopic (exact) mass is 232 g/mol. The van der Waals surface area contributed by atoms with Crippen LogP contribution in [0.2, 0.25) is 5.02 Å². The molecule has 0 radical (unpaired) electrons. The van der Waals surface area contributed by atoms with Gasteiger partial charge in [0.1, 0.15) is 5.75 Å². The topological polar surface area (TPSA) is 20.2 Å². The molecule has 2 aromatic carbocycles. The first-order valence-corrected chi connectivity index (χ1v) is 5.59. The molecule has 0 saturated heterocycles. The second kappa shape index (κ2) is 4.58. The number of hydrogen-bond donors (Lipinski definition) is 1. The molecule has 82 valence electrons. The zero-order chi connectivity index (χ0) is 11.5. The number of rotatable bonds is 2. The van der Waals surface area contributed by atoms with Gasteiger partial charge in [-0.2, -0.15) is 0 Å². The average molecular weight is 233 g/mol. The molecule has 0 amide bonds. The van der Waals surface area contributed by atoms with E-state index in [2.05, 4.69) is 6.92 Å². The van der Waals surface area contributed by atoms with E-state index in [1.165, 1.54) is 11.1 Å². The van der Waals surface area contributed by atoms with Gasteiger partial charge in [-0.05, 0) is 35.4 Å². The third-order valence-electron chi connectivity index (χ3n) is 2.76. The summed E-state index contributed by atoms with van der Waals surface area (Å²) < 4.78 is 0. The lowest BCUT2D eigenvalue weighted by atomic mass is 9.93. The molecule has 0 heterocycles. The fraction of sp³-hybridized carbons (Fsp3) is 0.143. The van der Waals surface area contributed by atoms with Crippen LogP contribution in [0.4, 0.5) is 0 Å². The van der Waals surface area contributed by atoms with Gasteiger partial charge in [-0.25, -0.2) is 0 Å². The van der Waals surface area contributed by atoms with Crippen LogP contribution in [0, 0.1) is 0 Å². The molecule has 0 bridgehead atoms. The molecule has 1 atom stereocenters. The van der Waals surface area contributed by atoms with E-state index in [4.69, 9.17) is 11.6 Å². The Balaban J connectivity index is 2.28. The Kier molecular flexibility index (Phi) is 3.16. The van der Waals surface area contributed by atoms with Crippen LogP contribution in [0.15, 0.2) is 48.5 Å². The summed E-state index contributed by atoms with van der Waals surface area (Å²) in [4.78, 5) is 0. The highest BCUT2D eigenvalue weighted by molar-refractivity contribution is 6.30. The lowest BCUT2D eigenvalue weighted by Crippen LogP contribution is -1.94. The second-order valence-corrected chi connectivity index (χ2v) is 4.30. The predicted molar refractivity (Wildman–Crippen MR) is 67.1 cm³/mol. The molecule has 0 aliphatic rings. The van der Waals surface area contributed by atoms with Crippen molar-refractivity contribution in [2.45, 2.75) is 12.8 Å². The Labute approximate surface area is 100 Å². The maximum atomic E-state index is 9.23. The summed E-state index contributed by atoms with van der Waals surface area (Å²) in [6.45, 7) is 2.13. The van der Waals surface area contributed by atoms with E-state index in [0.29, 0.717) is 11.7 Å². The molecule has 0 saturated carbocycles. The van der Waals surface area contributed by atoms with Gasteiger partial charge in [-0.1, -0.05) is 42.8 Å². The number of benzene rings is 2. The van der Waals surface area contributed by atoms with Crippen LogP contribution in [-0.2, 0) is 0 Å². The van der Waals surface area contributed by atoms with Crippen molar-refractivity contribution >= 4 is 11.6 Å². The summed E-state index contributed by atoms with van der Waals surface area (Å²) in [6.07, 6.45) is 0. The highest BCUT2D eigenvalue weighted by Gasteiger charge is 2.07. The van der Waals surface area contributed by atoms with Crippen molar-refractivity contribution in [1.29, 1.82) is 0 Å². The molecule has 2 aromatic rings. The van der Waals surface area contributed by atoms with Gasteiger partial charge < -0.3 is 5.11 Å². The van der Waals surface area contributed by atoms with Crippen molar-refractivity contribution in [3.63, 3.8) is 0 Å². The first-order valence-electron chi connectivity index (χ1n) is 5.21. The molecule has 0 aliphatic carbocycles. The van der Waals surface area contributed by atoms with Crippen LogP contribution < -0.4 is 0 Å². The summed E-state index contributed by atoms with van der Waals surface area (Å²) in [5, 5.41) is 9.98. The fourth-order valence-corrected chi connectivity index (χ4v) is 1.83. The van der Waals surface area contributed by atoms with Crippen molar-refractivity contribution in [2.24, 2.45) is 0 Å². The van der Waals surface area contributed by atoms with Gasteiger partial charge in [-0.15, -0.1) is 0 Å². The van der Waals surface area contributed by atoms with Crippen LogP contribution in [0.1, 0.15) is 24.0 Å². The van der Waals surface area contributed by atoms with Crippen molar-refractivity contribution < 1.29 is 5.11 Å². The van der Waals surface area contributed by atoms with Gasteiger partial charge in [0.2, 0.25) is 0 Å². The predicted octanol–water partition coefficient (Wildman–Crippen LogP) is 4.20. The van der Waals surface area contributed by atoms with Gasteiger partial charge in [0.25, 0.3) is 0 Å². The van der Waals surface area contributed by atoms with Crippen molar-refractivity contribution in [3.05, 3.63) is 64.7 Å². The summed E-state index contributed by atoms with van der Waals surface area (Å²) in [6, 6.07) is 15.1. The van der Waals surface area contributed by atoms with Gasteiger partial charge in [0.15, 0.2) is 0 Å². The molecular weight excluding hydrogens is 220 g/mol. The van der Waals surface area contributed by atoms with Gasteiger partial charge in [-0.3, -0.25) is 0 Å². The Morgan fingerprint density at radius 1 is 0.875 bits per heavy atom. The first-order chi connectivity index (χ1) is 7.66. The number of aromatic hydroxyl groups is 1. The van der Waals surface area contributed by atoms with Crippen LogP contribution >= 0.6 is 11.6 Å². The van der Waals surface area contributed by atoms with Crippen molar-refractivity contribution in [1.82, 2.24) is 0 Å². The lowest BCUT2D eigenvalue weighted by molar-refractivity contribution is 0.475. The van der Waals surface area contributed by atoms with Crippen molar-refractivity contribution in [3.8, 4) is 5.75 Å². The van der Waals surface area contributed by atoms with Crippen LogP contribution in [0.5, 0.6) is 5.75 Å². The highest BCUT2D eigenvalue weighted by atomic mass is 35.5. The minimum atomic E-state index is 0.298. The Bertz CT molecular complexity index is 414. The molecule has 2 heteroatoms. The summed E-state index contributed by atoms with van der Waals surface area (Å²) in [5.74, 6) is 0.602. The number of halogens is 1. The third kappa shape index (κ3) is 2.37. The lowest BCUT2D eigenvalue weighted by Gasteiger charge is -2.12. The molecule has 1 N–H and O–H groups in total. The SMILES string of the molecule is CC(c1ccc(O)cc1)c1ccc(Cl)cc1. The zero-order valence-electron chi connectivity index (χ0n) is 9.02. The van der Waals surface area contributed by atoms with E-state index in [1.807, 2.05) is 36.4 Å². The van der Waals surface area contributed by atoms with E-state index in [-0.39, 0.29) is 0 Å². The Morgan fingerprint density at radius 3 is 1.81 bits per heavy atom. The highest BCUT2D eigenvalue weighted by Crippen LogP contribution is 2.26. The second-order valence-electron chi connectivity index (χ2n) is 3.86. The van der Waals surface area contributed by atoms with E-state index >= 15 is 0 Å². The number of hydrogen-bond acceptors (Lipinski definition) is 1. The summed E-state index contributed by atoms with van der Waals surface area (Å²) in [5.41, 5.74) is 2.40. The quantitative estimate of drug-likeness (QED) is 0.823. The maximum Gasteiger partial charge on any atom is 0.115 e. The molecule has 1 unspecified atom stereocenters. The van der Waals surface area contributed by atoms with Gasteiger partial charge in [0.05, 0.1) is 0 Å². The van der Waals surface area contributed by atoms with E-state index in [1.54, 1.807) is 12.1 Å². The Hall–Kier alpha value is -1.47. The van der Waals surface area contributed by atoms with Crippen LogP contribution in [0.25, 0.3) is 0 Å². The molecule has 0 spiro atoms. The molecule has 2 rings (SSSR count). The van der Waals surface area contributed by atoms with E-state index in [0.717, 1.165) is 5.02 Å². The largest absolute Gasteiger partial charge is 0.508 e. The number of phenolic OH excluding ortho intramolecular Hbond substituents is 1. The fourth-order valence-electron chi connectivity index (χ4n) is 1.71. The minimum Gasteiger partial charge on any atom is -0.508 e. The Morgan fingerprint density at radius 2 is 1.31 bits per heavy atom. The third-order valence-corrected chi connectivity index (χ3v) is 3.02. The normalized spacial score (nSPS) is 12.4. The maximum absolute atomic E-state index is 9.23. The molecule has 1 nitrogen and oxygen atoms in total. The smallest absolute Gasteiger partial charge is 0.115 e. The van der Waals surface area contributed by atoms with E-state index < -0.39 is 0 Å². The molecule has 16 heavy (non-hydrogen) atoms. The molecular formula is C14H13ClO. The molecule has 0 aliphatic heterocycles. The van der Waals surface area contributed by atoms with Crippen LogP contribution in [-0.4, -0.2) is 5.11 Å². The van der Waals surface area contributed by atoms with Gasteiger partial charge >= 0.3 is 0 Å². The summed E-state index contributed by atoms with van der Waals surface area (Å²) >= 11 is 5.85. The minimum absolute atomic E-state index is 0.298. The standard InChI is InChI=1S/C14H13ClO/c1-10(11-2-6-13(15)7-3-11)12-4-8-14(16)9-5-12/h2-10,16H,1H3. The first kappa shape index (κ1) is 11.0. The zero-order valence-corrected chi connectivity index (χ0v) is 9.78.